The number of hydrogen-bond donors (Lipinski definition) is 0. The molecule has 1 aromatic carbocycles. The van der Waals surface area contributed by atoms with E-state index in [0.29, 0.717) is 37.0 Å². The molecule has 0 spiro atoms. The van der Waals surface area contributed by atoms with Crippen molar-refractivity contribution in [2.45, 2.75) is 31.8 Å². The van der Waals surface area contributed by atoms with Crippen LogP contribution in [0, 0.1) is 5.92 Å². The smallest absolute Gasteiger partial charge is 0.387 e. The quantitative estimate of drug-likeness (QED) is 0.398. The maximum Gasteiger partial charge on any atom is 0.387 e. The van der Waals surface area contributed by atoms with Crippen LogP contribution >= 0.6 is 0 Å². The van der Waals surface area contributed by atoms with Crippen LogP contribution in [0.3, 0.4) is 0 Å². The first-order valence-corrected chi connectivity index (χ1v) is 8.08. The van der Waals surface area contributed by atoms with Crippen LogP contribution in [0.4, 0.5) is 8.78 Å². The second-order valence-corrected chi connectivity index (χ2v) is 5.99. The molecular weight excluding hydrogens is 334 g/mol. The monoisotopic (exact) mass is 352 g/mol. The number of benzene rings is 1. The summed E-state index contributed by atoms with van der Waals surface area (Å²) in [5.74, 6) is 0.663. The molecule has 1 aliphatic carbocycles. The lowest BCUT2D eigenvalue weighted by atomic mass is 9.90. The van der Waals surface area contributed by atoms with E-state index >= 15 is 0 Å². The molecule has 0 saturated heterocycles. The molecule has 0 amide bonds. The van der Waals surface area contributed by atoms with Gasteiger partial charge in [0.05, 0.1) is 18.9 Å². The van der Waals surface area contributed by atoms with Crippen LogP contribution < -0.4 is 9.47 Å². The van der Waals surface area contributed by atoms with Gasteiger partial charge in [-0.25, -0.2) is 0 Å². The summed E-state index contributed by atoms with van der Waals surface area (Å²) in [7, 11) is 0. The van der Waals surface area contributed by atoms with Crippen molar-refractivity contribution in [3.63, 3.8) is 0 Å². The van der Waals surface area contributed by atoms with E-state index in [9.17, 15) is 8.78 Å². The van der Waals surface area contributed by atoms with Crippen molar-refractivity contribution in [2.75, 3.05) is 19.8 Å². The summed E-state index contributed by atoms with van der Waals surface area (Å²) >= 11 is 0. The number of hydrogen-bond acceptors (Lipinski definition) is 5. The molecule has 25 heavy (non-hydrogen) atoms. The SMILES string of the molecule is [N-]=[N+]=NCC1=NOCCC1c1ccc(OC(F)F)c(OCC2CC2)c1. The van der Waals surface area contributed by atoms with Crippen molar-refractivity contribution in [2.24, 2.45) is 16.2 Å². The minimum atomic E-state index is -2.92. The first-order valence-electron chi connectivity index (χ1n) is 8.08. The molecule has 1 saturated carbocycles. The average molecular weight is 352 g/mol. The zero-order valence-corrected chi connectivity index (χ0v) is 13.5. The third kappa shape index (κ3) is 4.73. The first-order chi connectivity index (χ1) is 12.2. The second-order valence-electron chi connectivity index (χ2n) is 5.99. The Bertz CT molecular complexity index is 688. The Morgan fingerprint density at radius 1 is 1.32 bits per heavy atom. The Kier molecular flexibility index (Phi) is 5.55. The molecule has 0 radical (unpaired) electrons. The Morgan fingerprint density at radius 3 is 2.88 bits per heavy atom. The standard InChI is InChI=1S/C16H18F2N4O3/c17-16(18)25-14-4-3-11(7-15(14)23-9-10-1-2-10)12-5-6-24-21-13(12)8-20-22-19/h3-4,7,10,12,16H,1-2,5-6,8-9H2. The Balaban J connectivity index is 1.83. The molecule has 3 rings (SSSR count). The third-order valence-corrected chi connectivity index (χ3v) is 4.14. The fourth-order valence-electron chi connectivity index (χ4n) is 2.67. The Hall–Kier alpha value is -2.54. The highest BCUT2D eigenvalue weighted by Gasteiger charge is 2.26. The Morgan fingerprint density at radius 2 is 2.16 bits per heavy atom. The van der Waals surface area contributed by atoms with Gasteiger partial charge in [-0.1, -0.05) is 16.3 Å². The maximum atomic E-state index is 12.6. The van der Waals surface area contributed by atoms with Crippen molar-refractivity contribution in [1.82, 2.24) is 0 Å². The molecular formula is C16H18F2N4O3. The van der Waals surface area contributed by atoms with Gasteiger partial charge in [-0.05, 0) is 48.4 Å². The van der Waals surface area contributed by atoms with Crippen molar-refractivity contribution in [1.29, 1.82) is 0 Å². The lowest BCUT2D eigenvalue weighted by Crippen LogP contribution is -2.22. The molecule has 7 nitrogen and oxygen atoms in total. The fourth-order valence-corrected chi connectivity index (χ4v) is 2.67. The summed E-state index contributed by atoms with van der Waals surface area (Å²) in [6.45, 7) is -1.91. The highest BCUT2D eigenvalue weighted by atomic mass is 19.3. The zero-order valence-electron chi connectivity index (χ0n) is 13.5. The van der Waals surface area contributed by atoms with E-state index in [1.54, 1.807) is 12.1 Å². The number of oxime groups is 1. The van der Waals surface area contributed by atoms with Crippen LogP contribution in [0.2, 0.25) is 0 Å². The van der Waals surface area contributed by atoms with Crippen LogP contribution in [-0.4, -0.2) is 32.1 Å². The fraction of sp³-hybridized carbons (Fsp3) is 0.562. The highest BCUT2D eigenvalue weighted by molar-refractivity contribution is 5.92. The number of azide groups is 1. The largest absolute Gasteiger partial charge is 0.489 e. The normalized spacial score (nSPS) is 19.6. The number of ether oxygens (including phenoxy) is 2. The molecule has 9 heteroatoms. The van der Waals surface area contributed by atoms with E-state index in [2.05, 4.69) is 19.9 Å². The van der Waals surface area contributed by atoms with E-state index in [4.69, 9.17) is 15.1 Å². The summed E-state index contributed by atoms with van der Waals surface area (Å²) in [6.07, 6.45) is 2.83. The van der Waals surface area contributed by atoms with Gasteiger partial charge in [0, 0.05) is 10.8 Å². The minimum Gasteiger partial charge on any atom is -0.489 e. The van der Waals surface area contributed by atoms with E-state index in [1.165, 1.54) is 6.07 Å². The molecule has 1 unspecified atom stereocenters. The van der Waals surface area contributed by atoms with Gasteiger partial charge in [0.1, 0.15) is 6.61 Å². The van der Waals surface area contributed by atoms with Crippen molar-refractivity contribution >= 4 is 5.71 Å². The van der Waals surface area contributed by atoms with Crippen LogP contribution in [0.15, 0.2) is 28.5 Å². The lowest BCUT2D eigenvalue weighted by molar-refractivity contribution is -0.0515. The number of alkyl halides is 2. The summed E-state index contributed by atoms with van der Waals surface area (Å²) in [5, 5.41) is 7.50. The molecule has 1 atom stereocenters. The molecule has 1 aromatic rings. The molecule has 1 heterocycles. The maximum absolute atomic E-state index is 12.6. The van der Waals surface area contributed by atoms with Gasteiger partial charge >= 0.3 is 6.61 Å². The van der Waals surface area contributed by atoms with E-state index in [-0.39, 0.29) is 18.2 Å². The van der Waals surface area contributed by atoms with E-state index < -0.39 is 6.61 Å². The number of nitrogens with zero attached hydrogens (tertiary/aromatic N) is 4. The van der Waals surface area contributed by atoms with Gasteiger partial charge in [0.25, 0.3) is 0 Å². The van der Waals surface area contributed by atoms with Crippen LogP contribution in [0.1, 0.15) is 30.7 Å². The molecule has 134 valence electrons. The Labute approximate surface area is 143 Å². The van der Waals surface area contributed by atoms with Crippen LogP contribution in [-0.2, 0) is 4.84 Å². The van der Waals surface area contributed by atoms with E-state index in [1.807, 2.05) is 0 Å². The molecule has 2 aliphatic rings. The number of rotatable bonds is 8. The van der Waals surface area contributed by atoms with Gasteiger partial charge in [0.15, 0.2) is 11.5 Å². The molecule has 0 aromatic heterocycles. The molecule has 1 aliphatic heterocycles. The topological polar surface area (TPSA) is 88.8 Å². The first kappa shape index (κ1) is 17.3. The van der Waals surface area contributed by atoms with Gasteiger partial charge < -0.3 is 14.3 Å². The predicted octanol–water partition coefficient (Wildman–Crippen LogP) is 4.25. The molecule has 0 bridgehead atoms. The predicted molar refractivity (Wildman–Crippen MR) is 86.1 cm³/mol. The summed E-state index contributed by atoms with van der Waals surface area (Å²) in [6, 6.07) is 4.87. The summed E-state index contributed by atoms with van der Waals surface area (Å²) < 4.78 is 35.5. The number of halogens is 2. The minimum absolute atomic E-state index is 0.0139. The summed E-state index contributed by atoms with van der Waals surface area (Å²) in [4.78, 5) is 7.81. The average Bonchev–Trinajstić information content (AvgIpc) is 3.43. The van der Waals surface area contributed by atoms with Gasteiger partial charge in [-0.3, -0.25) is 0 Å². The third-order valence-electron chi connectivity index (χ3n) is 4.14. The van der Waals surface area contributed by atoms with Gasteiger partial charge in [-0.15, -0.1) is 0 Å². The summed E-state index contributed by atoms with van der Waals surface area (Å²) in [5.41, 5.74) is 9.93. The van der Waals surface area contributed by atoms with Crippen LogP contribution in [0.5, 0.6) is 11.5 Å². The van der Waals surface area contributed by atoms with E-state index in [0.717, 1.165) is 18.4 Å². The van der Waals surface area contributed by atoms with Crippen LogP contribution in [0.25, 0.3) is 10.4 Å². The van der Waals surface area contributed by atoms with Gasteiger partial charge in [-0.2, -0.15) is 8.78 Å². The molecule has 1 fully saturated rings. The van der Waals surface area contributed by atoms with Gasteiger partial charge in [0.2, 0.25) is 0 Å². The van der Waals surface area contributed by atoms with Crippen molar-refractivity contribution in [3.8, 4) is 11.5 Å². The zero-order chi connectivity index (χ0) is 17.6. The highest BCUT2D eigenvalue weighted by Crippen LogP contribution is 2.37. The molecule has 0 N–H and O–H groups in total. The van der Waals surface area contributed by atoms with Crippen molar-refractivity contribution in [3.05, 3.63) is 34.2 Å². The lowest BCUT2D eigenvalue weighted by Gasteiger charge is -2.23. The second kappa shape index (κ2) is 8.02. The van der Waals surface area contributed by atoms with Crippen molar-refractivity contribution < 1.29 is 23.1 Å².